The zero-order valence-electron chi connectivity index (χ0n) is 13.7. The third-order valence-electron chi connectivity index (χ3n) is 4.38. The van der Waals surface area contributed by atoms with Gasteiger partial charge in [0.1, 0.15) is 0 Å². The summed E-state index contributed by atoms with van der Waals surface area (Å²) < 4.78 is 0.256. The Hall–Kier alpha value is -3.83. The molecule has 2 aromatic rings. The van der Waals surface area contributed by atoms with Crippen LogP contribution >= 0.6 is 0 Å². The summed E-state index contributed by atoms with van der Waals surface area (Å²) in [5, 5.41) is 42.7. The Morgan fingerprint density at radius 3 is 2.22 bits per heavy atom. The summed E-state index contributed by atoms with van der Waals surface area (Å²) in [6.45, 7) is -0.143. The van der Waals surface area contributed by atoms with Gasteiger partial charge < -0.3 is 15.1 Å². The predicted molar refractivity (Wildman–Crippen MR) is 88.3 cm³/mol. The average Bonchev–Trinajstić information content (AvgIpc) is 3.19. The monoisotopic (exact) mass is 378 g/mol. The van der Waals surface area contributed by atoms with Crippen LogP contribution in [0.15, 0.2) is 42.5 Å². The molecule has 2 heterocycles. The van der Waals surface area contributed by atoms with Gasteiger partial charge in [-0.3, -0.25) is 25.1 Å². The molecule has 0 radical (unpaired) electrons. The molecule has 27 heavy (non-hydrogen) atoms. The number of para-hydroxylation sites is 1. The summed E-state index contributed by atoms with van der Waals surface area (Å²) in [5.41, 5.74) is -2.66. The van der Waals surface area contributed by atoms with Crippen molar-refractivity contribution >= 4 is 11.7 Å². The summed E-state index contributed by atoms with van der Waals surface area (Å²) in [6.07, 6.45) is -0.276. The highest BCUT2D eigenvalue weighted by atomic mass is 16.7. The SMILES string of the molecule is O=C(On1c(O)ccc1O)[C@]1([N+](=O)[O-])C([N+](=O)[O-])CCN1c1ccccc1. The van der Waals surface area contributed by atoms with Gasteiger partial charge in [-0.2, -0.15) is 0 Å². The highest BCUT2D eigenvalue weighted by Gasteiger charge is 2.74. The van der Waals surface area contributed by atoms with Crippen LogP contribution in [0.25, 0.3) is 0 Å². The number of aromatic nitrogens is 1. The third-order valence-corrected chi connectivity index (χ3v) is 4.38. The Labute approximate surface area is 151 Å². The molecule has 2 N–H and O–H groups in total. The zero-order valence-corrected chi connectivity index (χ0v) is 13.7. The number of hydrogen-bond donors (Lipinski definition) is 2. The average molecular weight is 378 g/mol. The summed E-state index contributed by atoms with van der Waals surface area (Å²) in [4.78, 5) is 40.1. The number of carbonyl (C=O) groups is 1. The second kappa shape index (κ2) is 6.48. The van der Waals surface area contributed by atoms with Crippen molar-refractivity contribution in [1.29, 1.82) is 0 Å². The standard InChI is InChI=1S/C15H14N4O8/c20-12-6-7-13(21)17(12)27-14(22)15(19(25)26)11(18(23)24)8-9-16(15)10-4-2-1-3-5-10/h1-7,11,20-21H,8-9H2/t11?,15-/m1/s1. The van der Waals surface area contributed by atoms with Gasteiger partial charge in [-0.1, -0.05) is 18.2 Å². The number of benzene rings is 1. The fraction of sp³-hybridized carbons (Fsp3) is 0.267. The van der Waals surface area contributed by atoms with Crippen molar-refractivity contribution in [3.63, 3.8) is 0 Å². The highest BCUT2D eigenvalue weighted by molar-refractivity contribution is 5.85. The Morgan fingerprint density at radius 1 is 1.11 bits per heavy atom. The quantitative estimate of drug-likeness (QED) is 0.553. The number of nitro groups is 2. The van der Waals surface area contributed by atoms with Crippen LogP contribution in [-0.2, 0) is 4.79 Å². The van der Waals surface area contributed by atoms with Crippen molar-refractivity contribution in [3.8, 4) is 11.8 Å². The molecular formula is C15H14N4O8. The summed E-state index contributed by atoms with van der Waals surface area (Å²) >= 11 is 0. The first kappa shape index (κ1) is 18.0. The van der Waals surface area contributed by atoms with Gasteiger partial charge in [-0.15, -0.1) is 4.73 Å². The zero-order chi connectivity index (χ0) is 19.8. The lowest BCUT2D eigenvalue weighted by molar-refractivity contribution is -0.634. The highest BCUT2D eigenvalue weighted by Crippen LogP contribution is 2.37. The van der Waals surface area contributed by atoms with E-state index >= 15 is 0 Å². The van der Waals surface area contributed by atoms with Crippen LogP contribution in [-0.4, -0.2) is 49.0 Å². The fourth-order valence-corrected chi connectivity index (χ4v) is 3.18. The molecule has 2 atom stereocenters. The normalized spacial score (nSPS) is 21.8. The number of carbonyl (C=O) groups excluding carboxylic acids is 1. The fourth-order valence-electron chi connectivity index (χ4n) is 3.18. The first-order valence-electron chi connectivity index (χ1n) is 7.73. The summed E-state index contributed by atoms with van der Waals surface area (Å²) in [6, 6.07) is 7.78. The van der Waals surface area contributed by atoms with E-state index in [0.29, 0.717) is 0 Å². The molecule has 1 unspecified atom stereocenters. The lowest BCUT2D eigenvalue weighted by Gasteiger charge is -2.29. The minimum absolute atomic E-state index is 0.143. The van der Waals surface area contributed by atoms with Crippen molar-refractivity contribution in [1.82, 2.24) is 4.73 Å². The summed E-state index contributed by atoms with van der Waals surface area (Å²) in [5.74, 6) is -3.03. The number of anilines is 1. The van der Waals surface area contributed by atoms with Crippen LogP contribution in [0.3, 0.4) is 0 Å². The predicted octanol–water partition coefficient (Wildman–Crippen LogP) is 0.383. The van der Waals surface area contributed by atoms with Gasteiger partial charge in [-0.05, 0) is 12.1 Å². The maximum Gasteiger partial charge on any atom is 0.461 e. The molecule has 1 aromatic carbocycles. The van der Waals surface area contributed by atoms with Crippen molar-refractivity contribution in [2.75, 3.05) is 11.4 Å². The number of hydrogen-bond acceptors (Lipinski definition) is 9. The second-order valence-corrected chi connectivity index (χ2v) is 5.78. The van der Waals surface area contributed by atoms with E-state index in [-0.39, 0.29) is 23.4 Å². The number of nitrogens with zero attached hydrogens (tertiary/aromatic N) is 4. The maximum absolute atomic E-state index is 12.8. The van der Waals surface area contributed by atoms with Gasteiger partial charge in [0.15, 0.2) is 0 Å². The molecule has 142 valence electrons. The Bertz CT molecular complexity index is 879. The molecule has 0 saturated carbocycles. The lowest BCUT2D eigenvalue weighted by atomic mass is 10.0. The molecule has 0 aliphatic carbocycles. The molecule has 1 saturated heterocycles. The molecule has 1 aliphatic heterocycles. The van der Waals surface area contributed by atoms with Crippen LogP contribution in [0.2, 0.25) is 0 Å². The number of aromatic hydroxyl groups is 2. The van der Waals surface area contributed by atoms with E-state index in [1.165, 1.54) is 12.1 Å². The van der Waals surface area contributed by atoms with Crippen molar-refractivity contribution in [2.24, 2.45) is 0 Å². The van der Waals surface area contributed by atoms with Crippen molar-refractivity contribution in [3.05, 3.63) is 62.7 Å². The first-order chi connectivity index (χ1) is 12.8. The van der Waals surface area contributed by atoms with E-state index in [1.54, 1.807) is 18.2 Å². The van der Waals surface area contributed by atoms with E-state index in [4.69, 9.17) is 4.84 Å². The Kier molecular flexibility index (Phi) is 4.31. The molecule has 12 nitrogen and oxygen atoms in total. The molecule has 1 aliphatic rings. The van der Waals surface area contributed by atoms with Gasteiger partial charge in [0.2, 0.25) is 11.8 Å². The molecule has 3 rings (SSSR count). The van der Waals surface area contributed by atoms with Gasteiger partial charge in [0.25, 0.3) is 0 Å². The van der Waals surface area contributed by atoms with Gasteiger partial charge in [-0.25, -0.2) is 4.79 Å². The maximum atomic E-state index is 12.8. The van der Waals surface area contributed by atoms with E-state index < -0.39 is 39.3 Å². The van der Waals surface area contributed by atoms with Crippen LogP contribution < -0.4 is 9.74 Å². The van der Waals surface area contributed by atoms with Gasteiger partial charge in [0.05, 0.1) is 4.92 Å². The molecule has 0 bridgehead atoms. The van der Waals surface area contributed by atoms with Crippen LogP contribution in [0, 0.1) is 20.2 Å². The van der Waals surface area contributed by atoms with E-state index in [0.717, 1.165) is 17.0 Å². The third kappa shape index (κ3) is 2.67. The topological polar surface area (TPSA) is 161 Å². The van der Waals surface area contributed by atoms with Crippen molar-refractivity contribution < 1.29 is 29.7 Å². The minimum atomic E-state index is -2.88. The Balaban J connectivity index is 2.12. The van der Waals surface area contributed by atoms with Gasteiger partial charge in [0, 0.05) is 35.7 Å². The summed E-state index contributed by atoms with van der Waals surface area (Å²) in [7, 11) is 0. The second-order valence-electron chi connectivity index (χ2n) is 5.78. The van der Waals surface area contributed by atoms with E-state index in [1.807, 2.05) is 0 Å². The smallest absolute Gasteiger partial charge is 0.461 e. The minimum Gasteiger partial charge on any atom is -0.492 e. The largest absolute Gasteiger partial charge is 0.492 e. The van der Waals surface area contributed by atoms with Crippen LogP contribution in [0.4, 0.5) is 5.69 Å². The van der Waals surface area contributed by atoms with E-state index in [2.05, 4.69) is 0 Å². The van der Waals surface area contributed by atoms with E-state index in [9.17, 15) is 35.2 Å². The first-order valence-corrected chi connectivity index (χ1v) is 7.73. The lowest BCUT2D eigenvalue weighted by Crippen LogP contribution is -2.66. The van der Waals surface area contributed by atoms with Gasteiger partial charge >= 0.3 is 17.7 Å². The molecule has 0 spiro atoms. The van der Waals surface area contributed by atoms with Crippen LogP contribution in [0.5, 0.6) is 11.8 Å². The van der Waals surface area contributed by atoms with Crippen molar-refractivity contribution in [2.45, 2.75) is 18.1 Å². The molecule has 1 aromatic heterocycles. The molecule has 12 heteroatoms. The molecule has 1 fully saturated rings. The molecule has 0 amide bonds. The molecular weight excluding hydrogens is 364 g/mol. The number of rotatable bonds is 5. The Morgan fingerprint density at radius 2 is 1.70 bits per heavy atom. The van der Waals surface area contributed by atoms with Crippen LogP contribution in [0.1, 0.15) is 6.42 Å².